The average Bonchev–Trinajstić information content (AvgIpc) is 2.34. The normalized spacial score (nSPS) is 10.8. The molecular weight excluding hydrogens is 343 g/mol. The van der Waals surface area contributed by atoms with Crippen molar-refractivity contribution in [3.05, 3.63) is 23.9 Å². The van der Waals surface area contributed by atoms with E-state index in [9.17, 15) is 0 Å². The molecule has 0 saturated carbocycles. The van der Waals surface area contributed by atoms with Crippen LogP contribution in [0, 0.1) is 0 Å². The van der Waals surface area contributed by atoms with Gasteiger partial charge in [0.2, 0.25) is 5.88 Å². The molecule has 0 aliphatic heterocycles. The molecule has 5 nitrogen and oxygen atoms in total. The molecule has 1 aromatic rings. The fourth-order valence-electron chi connectivity index (χ4n) is 1.29. The molecule has 1 rings (SSSR count). The number of halogens is 1. The van der Waals surface area contributed by atoms with Gasteiger partial charge in [-0.25, -0.2) is 4.98 Å². The van der Waals surface area contributed by atoms with Gasteiger partial charge < -0.3 is 15.4 Å². The minimum absolute atomic E-state index is 0. The topological polar surface area (TPSA) is 58.5 Å². The highest BCUT2D eigenvalue weighted by molar-refractivity contribution is 14.0. The number of rotatable bonds is 4. The summed E-state index contributed by atoms with van der Waals surface area (Å²) in [4.78, 5) is 8.27. The lowest BCUT2D eigenvalue weighted by atomic mass is 10.3. The fourth-order valence-corrected chi connectivity index (χ4v) is 1.29. The van der Waals surface area contributed by atoms with Gasteiger partial charge in [0.15, 0.2) is 5.96 Å². The third-order valence-corrected chi connectivity index (χ3v) is 2.12. The van der Waals surface area contributed by atoms with E-state index < -0.39 is 0 Å². The van der Waals surface area contributed by atoms with E-state index in [-0.39, 0.29) is 24.0 Å². The van der Waals surface area contributed by atoms with Gasteiger partial charge in [0.1, 0.15) is 0 Å². The molecule has 0 radical (unpaired) electrons. The molecule has 18 heavy (non-hydrogen) atoms. The van der Waals surface area contributed by atoms with E-state index in [1.165, 1.54) is 0 Å². The van der Waals surface area contributed by atoms with Gasteiger partial charge in [-0.2, -0.15) is 0 Å². The number of nitrogens with zero attached hydrogens (tertiary/aromatic N) is 2. The van der Waals surface area contributed by atoms with Crippen molar-refractivity contribution in [2.45, 2.75) is 26.4 Å². The third kappa shape index (κ3) is 6.04. The molecule has 0 aliphatic rings. The number of nitrogens with one attached hydrogen (secondary N) is 2. The van der Waals surface area contributed by atoms with Gasteiger partial charge in [0.25, 0.3) is 0 Å². The van der Waals surface area contributed by atoms with Crippen LogP contribution in [-0.4, -0.2) is 31.1 Å². The predicted molar refractivity (Wildman–Crippen MR) is 84.7 cm³/mol. The lowest BCUT2D eigenvalue weighted by molar-refractivity contribution is 0.397. The van der Waals surface area contributed by atoms with Crippen molar-refractivity contribution in [1.82, 2.24) is 15.6 Å². The van der Waals surface area contributed by atoms with E-state index in [0.29, 0.717) is 18.5 Å². The van der Waals surface area contributed by atoms with Crippen LogP contribution in [0.1, 0.15) is 19.4 Å². The van der Waals surface area contributed by atoms with Crippen LogP contribution in [0.4, 0.5) is 0 Å². The highest BCUT2D eigenvalue weighted by Gasteiger charge is 2.00. The first-order valence-corrected chi connectivity index (χ1v) is 5.61. The van der Waals surface area contributed by atoms with E-state index in [1.54, 1.807) is 20.4 Å². The summed E-state index contributed by atoms with van der Waals surface area (Å²) in [5, 5.41) is 6.43. The molecule has 0 bridgehead atoms. The molecule has 0 atom stereocenters. The van der Waals surface area contributed by atoms with E-state index in [2.05, 4.69) is 34.5 Å². The van der Waals surface area contributed by atoms with Gasteiger partial charge in [0, 0.05) is 31.9 Å². The second-order valence-corrected chi connectivity index (χ2v) is 3.93. The van der Waals surface area contributed by atoms with Crippen LogP contribution in [0.5, 0.6) is 5.88 Å². The van der Waals surface area contributed by atoms with Crippen molar-refractivity contribution >= 4 is 29.9 Å². The quantitative estimate of drug-likeness (QED) is 0.486. The standard InChI is InChI=1S/C12H20N4O.HI/c1-9(2)16-12(13-3)15-8-10-5-6-11(17-4)14-7-10;/h5-7,9H,8H2,1-4H3,(H2,13,15,16);1H. The Labute approximate surface area is 125 Å². The molecule has 0 aliphatic carbocycles. The molecule has 6 heteroatoms. The highest BCUT2D eigenvalue weighted by atomic mass is 127. The third-order valence-electron chi connectivity index (χ3n) is 2.12. The smallest absolute Gasteiger partial charge is 0.212 e. The van der Waals surface area contributed by atoms with Crippen molar-refractivity contribution < 1.29 is 4.74 Å². The first-order chi connectivity index (χ1) is 8.15. The molecule has 0 amide bonds. The number of ether oxygens (including phenoxy) is 1. The molecule has 0 aromatic carbocycles. The first kappa shape index (κ1) is 16.9. The number of hydrogen-bond acceptors (Lipinski definition) is 3. The van der Waals surface area contributed by atoms with Crippen molar-refractivity contribution in [2.75, 3.05) is 14.2 Å². The van der Waals surface area contributed by atoms with Gasteiger partial charge in [0.05, 0.1) is 7.11 Å². The fraction of sp³-hybridized carbons (Fsp3) is 0.500. The maximum atomic E-state index is 5.00. The lowest BCUT2D eigenvalue weighted by Crippen LogP contribution is -2.40. The van der Waals surface area contributed by atoms with Gasteiger partial charge in [-0.15, -0.1) is 24.0 Å². The van der Waals surface area contributed by atoms with Crippen LogP contribution in [0.15, 0.2) is 23.3 Å². The molecule has 0 saturated heterocycles. The highest BCUT2D eigenvalue weighted by Crippen LogP contribution is 2.05. The van der Waals surface area contributed by atoms with E-state index in [1.807, 2.05) is 12.1 Å². The summed E-state index contributed by atoms with van der Waals surface area (Å²) in [6.07, 6.45) is 1.79. The number of aliphatic imine (C=N–C) groups is 1. The molecule has 1 aromatic heterocycles. The monoisotopic (exact) mass is 364 g/mol. The predicted octanol–water partition coefficient (Wildman–Crippen LogP) is 1.78. The lowest BCUT2D eigenvalue weighted by Gasteiger charge is -2.14. The summed E-state index contributed by atoms with van der Waals surface area (Å²) in [5.41, 5.74) is 1.08. The SMILES string of the molecule is CN=C(NCc1ccc(OC)nc1)NC(C)C.I. The van der Waals surface area contributed by atoms with Crippen LogP contribution in [0.2, 0.25) is 0 Å². The molecule has 2 N–H and O–H groups in total. The summed E-state index contributed by atoms with van der Waals surface area (Å²) >= 11 is 0. The van der Waals surface area contributed by atoms with Gasteiger partial charge in [-0.05, 0) is 19.4 Å². The Morgan fingerprint density at radius 2 is 2.17 bits per heavy atom. The molecule has 1 heterocycles. The largest absolute Gasteiger partial charge is 0.481 e. The minimum Gasteiger partial charge on any atom is -0.481 e. The van der Waals surface area contributed by atoms with Crippen molar-refractivity contribution in [3.8, 4) is 5.88 Å². The number of aromatic nitrogens is 1. The molecule has 0 fully saturated rings. The van der Waals surface area contributed by atoms with Crippen LogP contribution in [-0.2, 0) is 6.54 Å². The van der Waals surface area contributed by atoms with Crippen molar-refractivity contribution in [2.24, 2.45) is 4.99 Å². The molecule has 102 valence electrons. The Morgan fingerprint density at radius 3 is 2.61 bits per heavy atom. The second-order valence-electron chi connectivity index (χ2n) is 3.93. The van der Waals surface area contributed by atoms with Gasteiger partial charge in [-0.1, -0.05) is 6.07 Å². The van der Waals surface area contributed by atoms with Gasteiger partial charge in [-0.3, -0.25) is 4.99 Å². The summed E-state index contributed by atoms with van der Waals surface area (Å²) < 4.78 is 5.00. The number of guanidine groups is 1. The van der Waals surface area contributed by atoms with Gasteiger partial charge >= 0.3 is 0 Å². The van der Waals surface area contributed by atoms with E-state index in [4.69, 9.17) is 4.74 Å². The average molecular weight is 364 g/mol. The molecule has 0 unspecified atom stereocenters. The molecule has 0 spiro atoms. The first-order valence-electron chi connectivity index (χ1n) is 5.61. The van der Waals surface area contributed by atoms with Crippen LogP contribution in [0.3, 0.4) is 0 Å². The molecular formula is C12H21IN4O. The Kier molecular flexibility index (Phi) is 8.43. The summed E-state index contributed by atoms with van der Waals surface area (Å²) in [5.74, 6) is 1.41. The zero-order valence-corrected chi connectivity index (χ0v) is 13.6. The second kappa shape index (κ2) is 8.96. The van der Waals surface area contributed by atoms with Crippen molar-refractivity contribution in [3.63, 3.8) is 0 Å². The van der Waals surface area contributed by atoms with Crippen LogP contribution in [0.25, 0.3) is 0 Å². The number of hydrogen-bond donors (Lipinski definition) is 2. The van der Waals surface area contributed by atoms with Crippen LogP contribution < -0.4 is 15.4 Å². The van der Waals surface area contributed by atoms with E-state index >= 15 is 0 Å². The van der Waals surface area contributed by atoms with Crippen molar-refractivity contribution in [1.29, 1.82) is 0 Å². The van der Waals surface area contributed by atoms with E-state index in [0.717, 1.165) is 11.5 Å². The summed E-state index contributed by atoms with van der Waals surface area (Å²) in [7, 11) is 3.36. The maximum Gasteiger partial charge on any atom is 0.212 e. The Balaban J connectivity index is 0.00000289. The van der Waals surface area contributed by atoms with Crippen LogP contribution >= 0.6 is 24.0 Å². The zero-order chi connectivity index (χ0) is 12.7. The zero-order valence-electron chi connectivity index (χ0n) is 11.2. The number of pyridine rings is 1. The summed E-state index contributed by atoms with van der Waals surface area (Å²) in [6.45, 7) is 4.83. The summed E-state index contributed by atoms with van der Waals surface area (Å²) in [6, 6.07) is 4.17. The minimum atomic E-state index is 0. The Hall–Kier alpha value is -1.05. The Bertz CT molecular complexity index is 365. The maximum absolute atomic E-state index is 5.00. The number of methoxy groups -OCH3 is 1. The Morgan fingerprint density at radius 1 is 1.44 bits per heavy atom.